The summed E-state index contributed by atoms with van der Waals surface area (Å²) in [6.45, 7) is 0. The molecule has 2 aliphatic rings. The Hall–Kier alpha value is -1.96. The second-order valence-electron chi connectivity index (χ2n) is 4.94. The molecule has 0 radical (unpaired) electrons. The van der Waals surface area contributed by atoms with Crippen molar-refractivity contribution in [2.24, 2.45) is 0 Å². The highest BCUT2D eigenvalue weighted by Crippen LogP contribution is 2.44. The first-order valence-corrected chi connectivity index (χ1v) is 7.40. The number of halogens is 3. The number of nitrogens with zero attached hydrogens (tertiary/aromatic N) is 1. The van der Waals surface area contributed by atoms with Gasteiger partial charge in [-0.25, -0.2) is 4.79 Å². The molecule has 3 rings (SSSR count). The van der Waals surface area contributed by atoms with Gasteiger partial charge < -0.3 is 10.0 Å². The van der Waals surface area contributed by atoms with Gasteiger partial charge in [-0.15, -0.1) is 11.8 Å². The summed E-state index contributed by atoms with van der Waals surface area (Å²) in [7, 11) is 0. The summed E-state index contributed by atoms with van der Waals surface area (Å²) in [4.78, 5) is 24.2. The quantitative estimate of drug-likeness (QED) is 0.669. The number of aliphatic carboxylic acids is 1. The van der Waals surface area contributed by atoms with Gasteiger partial charge in [0.1, 0.15) is 11.4 Å². The Kier molecular flexibility index (Phi) is 3.43. The summed E-state index contributed by atoms with van der Waals surface area (Å²) < 4.78 is 38.8. The van der Waals surface area contributed by atoms with Gasteiger partial charge in [0.2, 0.25) is 0 Å². The summed E-state index contributed by atoms with van der Waals surface area (Å²) in [6, 6.07) is 4.09. The third kappa shape index (κ3) is 2.27. The van der Waals surface area contributed by atoms with E-state index in [0.717, 1.165) is 6.07 Å². The number of carbonyl (C=O) groups excluding carboxylic acids is 1. The summed E-state index contributed by atoms with van der Waals surface area (Å²) in [5, 5.41) is 8.53. The van der Waals surface area contributed by atoms with Gasteiger partial charge in [0, 0.05) is 5.75 Å². The Labute approximate surface area is 127 Å². The lowest BCUT2D eigenvalue weighted by molar-refractivity contribution is -0.150. The van der Waals surface area contributed by atoms with Crippen LogP contribution in [0.2, 0.25) is 0 Å². The normalized spacial score (nSPS) is 26.0. The Morgan fingerprint density at radius 2 is 2.05 bits per heavy atom. The number of β-lactam (4-membered cyclic amide) rings is 1. The fourth-order valence-corrected chi connectivity index (χ4v) is 3.97. The molecule has 22 heavy (non-hydrogen) atoms. The van der Waals surface area contributed by atoms with Gasteiger partial charge in [-0.05, 0) is 17.7 Å². The lowest BCUT2D eigenvalue weighted by atomic mass is 9.98. The minimum Gasteiger partial charge on any atom is -0.480 e. The van der Waals surface area contributed by atoms with Crippen LogP contribution >= 0.6 is 11.8 Å². The third-order valence-electron chi connectivity index (χ3n) is 3.61. The molecule has 1 N–H and O–H groups in total. The Balaban J connectivity index is 1.93. The smallest absolute Gasteiger partial charge is 0.416 e. The molecule has 116 valence electrons. The number of carboxylic acids is 1. The molecule has 2 atom stereocenters. The van der Waals surface area contributed by atoms with E-state index in [2.05, 4.69) is 0 Å². The Morgan fingerprint density at radius 3 is 2.68 bits per heavy atom. The molecule has 1 aromatic rings. The number of benzene rings is 1. The predicted molar refractivity (Wildman–Crippen MR) is 73.9 cm³/mol. The number of thioether (sulfide) groups is 1. The lowest BCUT2D eigenvalue weighted by Gasteiger charge is -2.38. The largest absolute Gasteiger partial charge is 0.480 e. The van der Waals surface area contributed by atoms with Crippen LogP contribution in [0.25, 0.3) is 6.08 Å². The molecule has 1 unspecified atom stereocenters. The van der Waals surface area contributed by atoms with Crippen molar-refractivity contribution >= 4 is 29.7 Å². The number of carbonyl (C=O) groups is 2. The standard InChI is InChI=1S/C14H10F3NO3S/c15-14(16,17)9-4-2-1-3-7(9)5-8-11(19)18-10(13(20)21)6-22-12(8)18/h1-5,10,12H,6H2,(H,20,21)/t10?,12-/m1/s1. The maximum atomic E-state index is 12.9. The summed E-state index contributed by atoms with van der Waals surface area (Å²) in [6.07, 6.45) is -3.30. The topological polar surface area (TPSA) is 57.6 Å². The van der Waals surface area contributed by atoms with E-state index in [4.69, 9.17) is 5.11 Å². The van der Waals surface area contributed by atoms with Crippen LogP contribution in [-0.4, -0.2) is 39.1 Å². The molecule has 8 heteroatoms. The molecule has 0 aromatic heterocycles. The Morgan fingerprint density at radius 1 is 1.36 bits per heavy atom. The number of hydrogen-bond acceptors (Lipinski definition) is 3. The molecule has 2 heterocycles. The number of carboxylic acid groups (broad SMARTS) is 1. The number of alkyl halides is 3. The van der Waals surface area contributed by atoms with Gasteiger partial charge >= 0.3 is 12.1 Å². The average Bonchev–Trinajstić information content (AvgIpc) is 2.84. The van der Waals surface area contributed by atoms with E-state index >= 15 is 0 Å². The van der Waals surface area contributed by atoms with Crippen molar-refractivity contribution in [3.8, 4) is 0 Å². The first-order chi connectivity index (χ1) is 10.3. The van der Waals surface area contributed by atoms with Crippen LogP contribution in [0.5, 0.6) is 0 Å². The summed E-state index contributed by atoms with van der Waals surface area (Å²) >= 11 is 1.25. The first-order valence-electron chi connectivity index (χ1n) is 6.35. The molecule has 0 aliphatic carbocycles. The Bertz CT molecular complexity index is 686. The van der Waals surface area contributed by atoms with Crippen LogP contribution in [0.3, 0.4) is 0 Å². The minimum absolute atomic E-state index is 0.0858. The zero-order valence-corrected chi connectivity index (χ0v) is 11.8. The fraction of sp³-hybridized carbons (Fsp3) is 0.286. The van der Waals surface area contributed by atoms with Crippen molar-refractivity contribution in [2.45, 2.75) is 17.6 Å². The summed E-state index contributed by atoms with van der Waals surface area (Å²) in [5.74, 6) is -1.37. The van der Waals surface area contributed by atoms with Gasteiger partial charge in [0.15, 0.2) is 0 Å². The van der Waals surface area contributed by atoms with Crippen molar-refractivity contribution in [2.75, 3.05) is 5.75 Å². The zero-order chi connectivity index (χ0) is 16.1. The fourth-order valence-electron chi connectivity index (χ4n) is 2.55. The van der Waals surface area contributed by atoms with Gasteiger partial charge in [-0.2, -0.15) is 13.2 Å². The first kappa shape index (κ1) is 15.0. The van der Waals surface area contributed by atoms with Crippen molar-refractivity contribution in [3.63, 3.8) is 0 Å². The molecular weight excluding hydrogens is 319 g/mol. The van der Waals surface area contributed by atoms with E-state index in [9.17, 15) is 22.8 Å². The predicted octanol–water partition coefficient (Wildman–Crippen LogP) is 2.46. The van der Waals surface area contributed by atoms with Crippen LogP contribution in [0.15, 0.2) is 29.8 Å². The number of amides is 1. The van der Waals surface area contributed by atoms with E-state index in [1.165, 1.54) is 40.9 Å². The van der Waals surface area contributed by atoms with E-state index in [1.54, 1.807) is 0 Å². The van der Waals surface area contributed by atoms with Crippen LogP contribution in [0.4, 0.5) is 13.2 Å². The molecule has 1 amide bonds. The van der Waals surface area contributed by atoms with Crippen LogP contribution in [0, 0.1) is 0 Å². The molecule has 0 bridgehead atoms. The molecule has 0 spiro atoms. The highest BCUT2D eigenvalue weighted by molar-refractivity contribution is 8.00. The highest BCUT2D eigenvalue weighted by Gasteiger charge is 2.53. The van der Waals surface area contributed by atoms with Crippen LogP contribution in [-0.2, 0) is 15.8 Å². The molecule has 4 nitrogen and oxygen atoms in total. The van der Waals surface area contributed by atoms with Crippen molar-refractivity contribution < 1.29 is 27.9 Å². The van der Waals surface area contributed by atoms with E-state index in [0.29, 0.717) is 0 Å². The SMILES string of the molecule is O=C(O)C1CS[C@@H]2C(=Cc3ccccc3C(F)(F)F)C(=O)N12. The van der Waals surface area contributed by atoms with Crippen molar-refractivity contribution in [3.05, 3.63) is 41.0 Å². The second-order valence-corrected chi connectivity index (χ2v) is 6.05. The van der Waals surface area contributed by atoms with E-state index < -0.39 is 35.0 Å². The highest BCUT2D eigenvalue weighted by atomic mass is 32.2. The van der Waals surface area contributed by atoms with Gasteiger partial charge in [0.05, 0.1) is 11.1 Å². The lowest BCUT2D eigenvalue weighted by Crippen LogP contribution is -2.56. The maximum Gasteiger partial charge on any atom is 0.416 e. The number of fused-ring (bicyclic) bond motifs is 1. The molecule has 0 saturated carbocycles. The maximum absolute atomic E-state index is 12.9. The zero-order valence-electron chi connectivity index (χ0n) is 11.0. The molecule has 2 fully saturated rings. The monoisotopic (exact) mass is 329 g/mol. The minimum atomic E-state index is -4.51. The molecule has 1 aromatic carbocycles. The summed E-state index contributed by atoms with van der Waals surface area (Å²) in [5.41, 5.74) is -0.686. The van der Waals surface area contributed by atoms with Crippen LogP contribution in [0.1, 0.15) is 11.1 Å². The van der Waals surface area contributed by atoms with Gasteiger partial charge in [-0.1, -0.05) is 18.2 Å². The molecular formula is C14H10F3NO3S. The molecule has 2 aliphatic heterocycles. The third-order valence-corrected chi connectivity index (χ3v) is 4.92. The molecule has 2 saturated heterocycles. The average molecular weight is 329 g/mol. The van der Waals surface area contributed by atoms with Gasteiger partial charge in [0.25, 0.3) is 5.91 Å². The van der Waals surface area contributed by atoms with Gasteiger partial charge in [-0.3, -0.25) is 4.79 Å². The van der Waals surface area contributed by atoms with Crippen molar-refractivity contribution in [1.82, 2.24) is 4.90 Å². The van der Waals surface area contributed by atoms with Crippen LogP contribution < -0.4 is 0 Å². The second kappa shape index (κ2) is 5.05. The number of rotatable bonds is 2. The van der Waals surface area contributed by atoms with E-state index in [1.807, 2.05) is 0 Å². The van der Waals surface area contributed by atoms with Crippen molar-refractivity contribution in [1.29, 1.82) is 0 Å². The number of hydrogen-bond donors (Lipinski definition) is 1. The van der Waals surface area contributed by atoms with E-state index in [-0.39, 0.29) is 16.9 Å².